The smallest absolute Gasteiger partial charge is 0.244 e. The highest BCUT2D eigenvalue weighted by Crippen LogP contribution is 2.27. The predicted octanol–water partition coefficient (Wildman–Crippen LogP) is 3.09. The zero-order chi connectivity index (χ0) is 17.0. The van der Waals surface area contributed by atoms with Crippen LogP contribution in [-0.2, 0) is 4.79 Å². The van der Waals surface area contributed by atoms with Crippen LogP contribution in [0.25, 0.3) is 0 Å². The third-order valence-electron chi connectivity index (χ3n) is 5.05. The van der Waals surface area contributed by atoms with Crippen LogP contribution in [-0.4, -0.2) is 42.0 Å². The van der Waals surface area contributed by atoms with Gasteiger partial charge in [0, 0.05) is 24.8 Å². The summed E-state index contributed by atoms with van der Waals surface area (Å²) in [7, 11) is 0. The van der Waals surface area contributed by atoms with Gasteiger partial charge in [0.15, 0.2) is 0 Å². The van der Waals surface area contributed by atoms with Crippen molar-refractivity contribution in [2.24, 2.45) is 0 Å². The highest BCUT2D eigenvalue weighted by atomic mass is 16.2. The van der Waals surface area contributed by atoms with Crippen molar-refractivity contribution in [2.75, 3.05) is 25.0 Å². The van der Waals surface area contributed by atoms with Crippen LogP contribution >= 0.6 is 0 Å². The van der Waals surface area contributed by atoms with Crippen LogP contribution in [0.4, 0.5) is 5.69 Å². The Morgan fingerprint density at radius 2 is 1.78 bits per heavy atom. The predicted molar refractivity (Wildman–Crippen MR) is 96.9 cm³/mol. The van der Waals surface area contributed by atoms with E-state index in [9.17, 15) is 4.79 Å². The summed E-state index contributed by atoms with van der Waals surface area (Å²) in [5, 5.41) is 6.68. The fourth-order valence-corrected chi connectivity index (χ4v) is 3.49. The van der Waals surface area contributed by atoms with E-state index in [4.69, 9.17) is 0 Å². The van der Waals surface area contributed by atoms with Gasteiger partial charge in [-0.25, -0.2) is 0 Å². The SMILES string of the molecule is CCNC1(C(=O)Nc2c(C)cccc2C)CCN(C(C)C)CC1. The largest absolute Gasteiger partial charge is 0.324 e. The van der Waals surface area contributed by atoms with E-state index in [0.717, 1.165) is 49.3 Å². The monoisotopic (exact) mass is 317 g/mol. The Labute approximate surface area is 140 Å². The van der Waals surface area contributed by atoms with E-state index in [1.54, 1.807) is 0 Å². The molecule has 0 unspecified atom stereocenters. The highest BCUT2D eigenvalue weighted by Gasteiger charge is 2.41. The van der Waals surface area contributed by atoms with Gasteiger partial charge >= 0.3 is 0 Å². The number of rotatable bonds is 5. The first-order chi connectivity index (χ1) is 10.9. The van der Waals surface area contributed by atoms with Crippen LogP contribution in [0.15, 0.2) is 18.2 Å². The lowest BCUT2D eigenvalue weighted by molar-refractivity contribution is -0.124. The molecule has 1 aliphatic heterocycles. The Hall–Kier alpha value is -1.39. The van der Waals surface area contributed by atoms with Crippen molar-refractivity contribution in [3.63, 3.8) is 0 Å². The van der Waals surface area contributed by atoms with Gasteiger partial charge in [-0.05, 0) is 58.2 Å². The van der Waals surface area contributed by atoms with E-state index < -0.39 is 5.54 Å². The molecule has 1 aliphatic rings. The third kappa shape index (κ3) is 3.93. The van der Waals surface area contributed by atoms with Crippen LogP contribution in [0.1, 0.15) is 44.7 Å². The molecule has 1 aromatic carbocycles. The van der Waals surface area contributed by atoms with Crippen LogP contribution in [0.3, 0.4) is 0 Å². The molecule has 0 atom stereocenters. The minimum Gasteiger partial charge on any atom is -0.324 e. The fraction of sp³-hybridized carbons (Fsp3) is 0.632. The second-order valence-electron chi connectivity index (χ2n) is 6.96. The van der Waals surface area contributed by atoms with Gasteiger partial charge in [0.1, 0.15) is 5.54 Å². The molecule has 128 valence electrons. The summed E-state index contributed by atoms with van der Waals surface area (Å²) in [6, 6.07) is 6.66. The van der Waals surface area contributed by atoms with E-state index in [2.05, 4.69) is 36.3 Å². The Morgan fingerprint density at radius 3 is 2.26 bits per heavy atom. The summed E-state index contributed by atoms with van der Waals surface area (Å²) >= 11 is 0. The van der Waals surface area contributed by atoms with Crippen LogP contribution in [0.2, 0.25) is 0 Å². The van der Waals surface area contributed by atoms with Gasteiger partial charge in [0.25, 0.3) is 0 Å². The molecule has 0 spiro atoms. The number of likely N-dealkylation sites (N-methyl/N-ethyl adjacent to an activating group) is 1. The second kappa shape index (κ2) is 7.45. The first kappa shape index (κ1) is 18.0. The van der Waals surface area contributed by atoms with E-state index in [-0.39, 0.29) is 5.91 Å². The Kier molecular flexibility index (Phi) is 5.82. The molecule has 1 saturated heterocycles. The fourth-order valence-electron chi connectivity index (χ4n) is 3.49. The van der Waals surface area contributed by atoms with Gasteiger partial charge in [-0.15, -0.1) is 0 Å². The summed E-state index contributed by atoms with van der Waals surface area (Å²) in [5.41, 5.74) is 2.74. The molecule has 2 rings (SSSR count). The first-order valence-corrected chi connectivity index (χ1v) is 8.76. The van der Waals surface area contributed by atoms with Crippen molar-refractivity contribution in [3.8, 4) is 0 Å². The molecule has 1 heterocycles. The van der Waals surface area contributed by atoms with Crippen molar-refractivity contribution in [3.05, 3.63) is 29.3 Å². The van der Waals surface area contributed by atoms with Crippen molar-refractivity contribution >= 4 is 11.6 Å². The summed E-state index contributed by atoms with van der Waals surface area (Å²) in [6.45, 7) is 13.3. The van der Waals surface area contributed by atoms with E-state index in [1.807, 2.05) is 32.0 Å². The molecule has 0 bridgehead atoms. The minimum atomic E-state index is -0.450. The molecule has 0 aromatic heterocycles. The zero-order valence-electron chi connectivity index (χ0n) is 15.2. The number of piperidine rings is 1. The van der Waals surface area contributed by atoms with Gasteiger partial charge in [-0.2, -0.15) is 0 Å². The van der Waals surface area contributed by atoms with Crippen molar-refractivity contribution in [1.82, 2.24) is 10.2 Å². The average molecular weight is 317 g/mol. The Morgan fingerprint density at radius 1 is 1.22 bits per heavy atom. The maximum absolute atomic E-state index is 13.1. The molecule has 1 aromatic rings. The molecule has 23 heavy (non-hydrogen) atoms. The molecule has 1 amide bonds. The molecule has 2 N–H and O–H groups in total. The molecule has 1 fully saturated rings. The van der Waals surface area contributed by atoms with Gasteiger partial charge in [-0.1, -0.05) is 25.1 Å². The van der Waals surface area contributed by atoms with Crippen LogP contribution in [0, 0.1) is 13.8 Å². The standard InChI is InChI=1S/C19H31N3O/c1-6-20-19(10-12-22(13-11-19)14(2)3)18(23)21-17-15(4)8-7-9-16(17)5/h7-9,14,20H,6,10-13H2,1-5H3,(H,21,23). The zero-order valence-corrected chi connectivity index (χ0v) is 15.2. The highest BCUT2D eigenvalue weighted by molar-refractivity contribution is 5.99. The summed E-state index contributed by atoms with van der Waals surface area (Å²) in [6.07, 6.45) is 1.71. The third-order valence-corrected chi connectivity index (χ3v) is 5.05. The average Bonchev–Trinajstić information content (AvgIpc) is 2.51. The number of carbonyl (C=O) groups is 1. The van der Waals surface area contributed by atoms with Gasteiger partial charge in [0.05, 0.1) is 0 Å². The number of anilines is 1. The summed E-state index contributed by atoms with van der Waals surface area (Å²) < 4.78 is 0. The lowest BCUT2D eigenvalue weighted by atomic mass is 9.85. The number of aryl methyl sites for hydroxylation is 2. The summed E-state index contributed by atoms with van der Waals surface area (Å²) in [5.74, 6) is 0.111. The Balaban J connectivity index is 2.16. The molecule has 4 heteroatoms. The van der Waals surface area contributed by atoms with Gasteiger partial charge in [-0.3, -0.25) is 4.79 Å². The van der Waals surface area contributed by atoms with Gasteiger partial charge in [0.2, 0.25) is 5.91 Å². The molecule has 4 nitrogen and oxygen atoms in total. The van der Waals surface area contributed by atoms with E-state index in [1.165, 1.54) is 0 Å². The molecule has 0 aliphatic carbocycles. The summed E-state index contributed by atoms with van der Waals surface area (Å²) in [4.78, 5) is 15.5. The number of benzene rings is 1. The molecule has 0 saturated carbocycles. The number of hydrogen-bond donors (Lipinski definition) is 2. The lowest BCUT2D eigenvalue weighted by Crippen LogP contribution is -2.61. The number of carbonyl (C=O) groups excluding carboxylic acids is 1. The molecular formula is C19H31N3O. The maximum atomic E-state index is 13.1. The molecule has 0 radical (unpaired) electrons. The molecular weight excluding hydrogens is 286 g/mol. The van der Waals surface area contributed by atoms with E-state index >= 15 is 0 Å². The normalized spacial score (nSPS) is 18.2. The number of likely N-dealkylation sites (tertiary alicyclic amines) is 1. The van der Waals surface area contributed by atoms with Crippen molar-refractivity contribution < 1.29 is 4.79 Å². The topological polar surface area (TPSA) is 44.4 Å². The van der Waals surface area contributed by atoms with Crippen molar-refractivity contribution in [2.45, 2.75) is 59.0 Å². The lowest BCUT2D eigenvalue weighted by Gasteiger charge is -2.42. The quantitative estimate of drug-likeness (QED) is 0.877. The first-order valence-electron chi connectivity index (χ1n) is 8.76. The van der Waals surface area contributed by atoms with Crippen molar-refractivity contribution in [1.29, 1.82) is 0 Å². The maximum Gasteiger partial charge on any atom is 0.244 e. The number of nitrogens with zero attached hydrogens (tertiary/aromatic N) is 1. The van der Waals surface area contributed by atoms with Crippen LogP contribution < -0.4 is 10.6 Å². The minimum absolute atomic E-state index is 0.111. The van der Waals surface area contributed by atoms with Gasteiger partial charge < -0.3 is 15.5 Å². The second-order valence-corrected chi connectivity index (χ2v) is 6.96. The van der Waals surface area contributed by atoms with Crippen LogP contribution in [0.5, 0.6) is 0 Å². The Bertz CT molecular complexity index is 525. The number of hydrogen-bond acceptors (Lipinski definition) is 3. The van der Waals surface area contributed by atoms with E-state index in [0.29, 0.717) is 6.04 Å². The number of amides is 1. The number of nitrogens with one attached hydrogen (secondary N) is 2. The number of para-hydroxylation sites is 1.